The van der Waals surface area contributed by atoms with E-state index in [1.54, 1.807) is 24.7 Å². The molecule has 0 spiro atoms. The van der Waals surface area contributed by atoms with Crippen LogP contribution in [0.15, 0.2) is 48.9 Å². The van der Waals surface area contributed by atoms with Crippen LogP contribution in [0.5, 0.6) is 0 Å². The summed E-state index contributed by atoms with van der Waals surface area (Å²) in [7, 11) is 0. The van der Waals surface area contributed by atoms with Gasteiger partial charge in [-0.2, -0.15) is 0 Å². The van der Waals surface area contributed by atoms with Crippen LogP contribution in [0, 0.1) is 0 Å². The number of aliphatic carboxylic acids is 1. The van der Waals surface area contributed by atoms with Crippen molar-refractivity contribution in [3.05, 3.63) is 54.5 Å². The number of rotatable bonds is 8. The molecule has 10 nitrogen and oxygen atoms in total. The Kier molecular flexibility index (Phi) is 7.52. The predicted octanol–water partition coefficient (Wildman–Crippen LogP) is 3.14. The number of hydrogen-bond donors (Lipinski definition) is 4. The van der Waals surface area contributed by atoms with E-state index in [0.717, 1.165) is 27.5 Å². The number of aromatic nitrogens is 2. The number of carboxylic acids is 1. The molecule has 0 fully saturated rings. The van der Waals surface area contributed by atoms with Gasteiger partial charge in [0.15, 0.2) is 0 Å². The van der Waals surface area contributed by atoms with Crippen LogP contribution in [0.2, 0.25) is 0 Å². The van der Waals surface area contributed by atoms with E-state index in [1.807, 2.05) is 31.2 Å². The van der Waals surface area contributed by atoms with Crippen LogP contribution in [-0.4, -0.2) is 46.3 Å². The highest BCUT2D eigenvalue weighted by Gasteiger charge is 2.12. The zero-order valence-corrected chi connectivity index (χ0v) is 17.4. The van der Waals surface area contributed by atoms with Crippen molar-refractivity contribution in [2.75, 3.05) is 18.5 Å². The first-order chi connectivity index (χ1) is 15.5. The largest absolute Gasteiger partial charge is 0.481 e. The first kappa shape index (κ1) is 22.5. The fraction of sp³-hybridized carbons (Fsp3) is 0.227. The Morgan fingerprint density at radius 1 is 1.06 bits per heavy atom. The summed E-state index contributed by atoms with van der Waals surface area (Å²) < 4.78 is 4.86. The highest BCUT2D eigenvalue weighted by Crippen LogP contribution is 2.31. The van der Waals surface area contributed by atoms with Crippen molar-refractivity contribution in [1.82, 2.24) is 20.6 Å². The first-order valence-corrected chi connectivity index (χ1v) is 9.97. The molecule has 1 aromatic carbocycles. The molecule has 10 heteroatoms. The number of amides is 3. The molecule has 0 aliphatic heterocycles. The van der Waals surface area contributed by atoms with Crippen molar-refractivity contribution in [2.45, 2.75) is 19.9 Å². The molecule has 0 radical (unpaired) electrons. The van der Waals surface area contributed by atoms with Gasteiger partial charge in [0.05, 0.1) is 6.42 Å². The van der Waals surface area contributed by atoms with E-state index < -0.39 is 12.1 Å². The summed E-state index contributed by atoms with van der Waals surface area (Å²) in [6.07, 6.45) is 4.05. The zero-order chi connectivity index (χ0) is 22.9. The maximum atomic E-state index is 11.9. The van der Waals surface area contributed by atoms with Gasteiger partial charge in [0, 0.05) is 37.1 Å². The standard InChI is InChI=1S/C22H23N5O5/c1-2-24-21(30)27-19-11-17-16(14-5-8-23-9-6-14)4-3-15(18(17)13-25-19)12-26-22(31)32-10-7-20(28)29/h3-6,8-9,11,13H,2,7,10,12H2,1H3,(H,26,31)(H,28,29)(H2,24,25,27,30). The minimum Gasteiger partial charge on any atom is -0.481 e. The number of fused-ring (bicyclic) bond motifs is 1. The molecule has 166 valence electrons. The maximum absolute atomic E-state index is 11.9. The number of carbonyl (C=O) groups is 3. The molecule has 3 rings (SSSR count). The minimum atomic E-state index is -1.04. The Morgan fingerprint density at radius 3 is 2.56 bits per heavy atom. The molecule has 3 aromatic rings. The predicted molar refractivity (Wildman–Crippen MR) is 118 cm³/mol. The van der Waals surface area contributed by atoms with E-state index in [4.69, 9.17) is 9.84 Å². The molecule has 0 bridgehead atoms. The molecule has 0 saturated heterocycles. The molecule has 0 unspecified atom stereocenters. The van der Waals surface area contributed by atoms with Gasteiger partial charge in [0.2, 0.25) is 0 Å². The smallest absolute Gasteiger partial charge is 0.407 e. The molecule has 0 aliphatic carbocycles. The molecule has 0 aliphatic rings. The van der Waals surface area contributed by atoms with Crippen molar-refractivity contribution in [3.8, 4) is 11.1 Å². The number of carbonyl (C=O) groups excluding carboxylic acids is 2. The molecule has 0 saturated carbocycles. The lowest BCUT2D eigenvalue weighted by Crippen LogP contribution is -2.28. The van der Waals surface area contributed by atoms with E-state index in [-0.39, 0.29) is 25.6 Å². The van der Waals surface area contributed by atoms with Gasteiger partial charge in [-0.05, 0) is 47.2 Å². The first-order valence-electron chi connectivity index (χ1n) is 9.97. The summed E-state index contributed by atoms with van der Waals surface area (Å²) in [5.41, 5.74) is 2.63. The number of nitrogens with one attached hydrogen (secondary N) is 3. The van der Waals surface area contributed by atoms with Crippen LogP contribution >= 0.6 is 0 Å². The molecular weight excluding hydrogens is 414 g/mol. The van der Waals surface area contributed by atoms with E-state index in [0.29, 0.717) is 12.4 Å². The van der Waals surface area contributed by atoms with Gasteiger partial charge in [-0.1, -0.05) is 12.1 Å². The van der Waals surface area contributed by atoms with E-state index in [9.17, 15) is 14.4 Å². The number of benzene rings is 1. The SMILES string of the molecule is CCNC(=O)Nc1cc2c(-c3ccncc3)ccc(CNC(=O)OCCC(=O)O)c2cn1. The lowest BCUT2D eigenvalue weighted by Gasteiger charge is -2.14. The molecule has 4 N–H and O–H groups in total. The Labute approximate surface area is 184 Å². The molecule has 2 aromatic heterocycles. The minimum absolute atomic E-state index is 0.157. The third kappa shape index (κ3) is 5.91. The third-order valence-corrected chi connectivity index (χ3v) is 4.53. The summed E-state index contributed by atoms with van der Waals surface area (Å²) in [4.78, 5) is 42.7. The third-order valence-electron chi connectivity index (χ3n) is 4.53. The lowest BCUT2D eigenvalue weighted by molar-refractivity contribution is -0.137. The van der Waals surface area contributed by atoms with Crippen LogP contribution in [-0.2, 0) is 16.1 Å². The van der Waals surface area contributed by atoms with Crippen molar-refractivity contribution < 1.29 is 24.2 Å². The second kappa shape index (κ2) is 10.7. The average Bonchev–Trinajstić information content (AvgIpc) is 2.77. The number of carboxylic acid groups (broad SMARTS) is 1. The van der Waals surface area contributed by atoms with Crippen molar-refractivity contribution in [2.24, 2.45) is 0 Å². The van der Waals surface area contributed by atoms with Crippen molar-refractivity contribution in [3.63, 3.8) is 0 Å². The molecule has 3 amide bonds. The highest BCUT2D eigenvalue weighted by molar-refractivity contribution is 6.00. The van der Waals surface area contributed by atoms with Gasteiger partial charge in [-0.25, -0.2) is 14.6 Å². The molecule has 0 atom stereocenters. The Hall–Kier alpha value is -4.21. The number of pyridine rings is 2. The number of urea groups is 1. The highest BCUT2D eigenvalue weighted by atomic mass is 16.5. The van der Waals surface area contributed by atoms with Gasteiger partial charge in [0.25, 0.3) is 0 Å². The average molecular weight is 437 g/mol. The Bertz CT molecular complexity index is 1120. The van der Waals surface area contributed by atoms with Gasteiger partial charge in [-0.3, -0.25) is 15.1 Å². The van der Waals surface area contributed by atoms with E-state index >= 15 is 0 Å². The number of hydrogen-bond acceptors (Lipinski definition) is 6. The van der Waals surface area contributed by atoms with E-state index in [1.165, 1.54) is 0 Å². The van der Waals surface area contributed by atoms with Crippen LogP contribution in [0.25, 0.3) is 21.9 Å². The molecule has 32 heavy (non-hydrogen) atoms. The summed E-state index contributed by atoms with van der Waals surface area (Å²) in [5.74, 6) is -0.657. The number of nitrogens with zero attached hydrogens (tertiary/aromatic N) is 2. The quantitative estimate of drug-likeness (QED) is 0.424. The van der Waals surface area contributed by atoms with Crippen LogP contribution in [0.1, 0.15) is 18.9 Å². The summed E-state index contributed by atoms with van der Waals surface area (Å²) >= 11 is 0. The Balaban J connectivity index is 1.89. The second-order valence-corrected chi connectivity index (χ2v) is 6.74. The van der Waals surface area contributed by atoms with Gasteiger partial charge in [-0.15, -0.1) is 0 Å². The van der Waals surface area contributed by atoms with Crippen LogP contribution < -0.4 is 16.0 Å². The monoisotopic (exact) mass is 437 g/mol. The fourth-order valence-corrected chi connectivity index (χ4v) is 3.07. The van der Waals surface area contributed by atoms with Crippen molar-refractivity contribution >= 4 is 34.7 Å². The van der Waals surface area contributed by atoms with Gasteiger partial charge >= 0.3 is 18.1 Å². The second-order valence-electron chi connectivity index (χ2n) is 6.74. The maximum Gasteiger partial charge on any atom is 0.407 e. The normalized spacial score (nSPS) is 10.4. The summed E-state index contributed by atoms with van der Waals surface area (Å²) in [6, 6.07) is 8.96. The fourth-order valence-electron chi connectivity index (χ4n) is 3.07. The van der Waals surface area contributed by atoms with Gasteiger partial charge in [0.1, 0.15) is 12.4 Å². The zero-order valence-electron chi connectivity index (χ0n) is 17.4. The van der Waals surface area contributed by atoms with Crippen LogP contribution in [0.4, 0.5) is 15.4 Å². The molecule has 2 heterocycles. The molecular formula is C22H23N5O5. The van der Waals surface area contributed by atoms with E-state index in [2.05, 4.69) is 25.9 Å². The number of ether oxygens (including phenoxy) is 1. The number of anilines is 1. The summed E-state index contributed by atoms with van der Waals surface area (Å²) in [6.45, 7) is 2.25. The summed E-state index contributed by atoms with van der Waals surface area (Å²) in [5, 5.41) is 18.2. The van der Waals surface area contributed by atoms with Crippen LogP contribution in [0.3, 0.4) is 0 Å². The lowest BCUT2D eigenvalue weighted by atomic mass is 9.96. The Morgan fingerprint density at radius 2 is 1.84 bits per heavy atom. The van der Waals surface area contributed by atoms with Gasteiger partial charge < -0.3 is 20.5 Å². The topological polar surface area (TPSA) is 143 Å². The van der Waals surface area contributed by atoms with Crippen molar-refractivity contribution in [1.29, 1.82) is 0 Å². The number of alkyl carbamates (subject to hydrolysis) is 1.